The lowest BCUT2D eigenvalue weighted by molar-refractivity contribution is 1.54. The maximum absolute atomic E-state index is 4.23. The van der Waals surface area contributed by atoms with Crippen molar-refractivity contribution < 1.29 is 0 Å². The largest absolute Gasteiger partial charge is 0.144 e. The minimum Gasteiger partial charge on any atom is -0.144 e. The van der Waals surface area contributed by atoms with Crippen molar-refractivity contribution in [2.24, 2.45) is 0 Å². The van der Waals surface area contributed by atoms with E-state index in [-0.39, 0.29) is 0 Å². The Bertz CT molecular complexity index is 165. The molecule has 0 N–H and O–H groups in total. The molecule has 1 rings (SSSR count). The van der Waals surface area contributed by atoms with Crippen LogP contribution in [0.4, 0.5) is 0 Å². The molecule has 0 heterocycles. The molecule has 0 aliphatic rings. The molecule has 0 unspecified atom stereocenters. The van der Waals surface area contributed by atoms with E-state index >= 15 is 0 Å². The van der Waals surface area contributed by atoms with Gasteiger partial charge in [0.05, 0.1) is 0 Å². The molecule has 0 spiro atoms. The maximum Gasteiger partial charge on any atom is 0.0399 e. The molecule has 0 saturated carbocycles. The first-order valence-corrected chi connectivity index (χ1v) is 4.00. The molecule has 0 saturated heterocycles. The highest BCUT2D eigenvalue weighted by atomic mass is 32.1. The molecule has 0 amide bonds. The molecule has 0 radical (unpaired) electrons. The van der Waals surface area contributed by atoms with Gasteiger partial charge in [0.25, 0.3) is 0 Å². The first kappa shape index (κ1) is 5.92. The fraction of sp³-hybridized carbons (Fsp3) is 0. The van der Waals surface area contributed by atoms with Gasteiger partial charge in [-0.1, -0.05) is 23.4 Å². The predicted molar refractivity (Wildman–Crippen MR) is 43.3 cm³/mol. The number of thiol groups is 1. The van der Waals surface area contributed by atoms with Crippen molar-refractivity contribution in [2.75, 3.05) is 0 Å². The second kappa shape index (κ2) is 2.37. The van der Waals surface area contributed by atoms with Crippen LogP contribution < -0.4 is 5.19 Å². The molecule has 0 aliphatic heterocycles. The molecule has 2 heteroatoms. The van der Waals surface area contributed by atoms with E-state index in [9.17, 15) is 0 Å². The van der Waals surface area contributed by atoms with Crippen LogP contribution in [0, 0.1) is 0 Å². The average molecular weight is 140 g/mol. The van der Waals surface area contributed by atoms with Crippen LogP contribution in [0.5, 0.6) is 0 Å². The van der Waals surface area contributed by atoms with Crippen molar-refractivity contribution in [1.29, 1.82) is 0 Å². The molecule has 0 aliphatic carbocycles. The van der Waals surface area contributed by atoms with Gasteiger partial charge < -0.3 is 0 Å². The van der Waals surface area contributed by atoms with Gasteiger partial charge in [0.15, 0.2) is 0 Å². The summed E-state index contributed by atoms with van der Waals surface area (Å²) in [6, 6.07) is 8.17. The van der Waals surface area contributed by atoms with Gasteiger partial charge in [-0.3, -0.25) is 0 Å². The summed E-state index contributed by atoms with van der Waals surface area (Å²) in [7, 11) is 1.10. The van der Waals surface area contributed by atoms with Crippen molar-refractivity contribution in [1.82, 2.24) is 0 Å². The average Bonchev–Trinajstić information content (AvgIpc) is 1.77. The summed E-state index contributed by atoms with van der Waals surface area (Å²) < 4.78 is 0. The molecule has 0 atom stereocenters. The monoisotopic (exact) mass is 140 g/mol. The van der Waals surface area contributed by atoms with Crippen molar-refractivity contribution in [3.05, 3.63) is 24.3 Å². The third-order valence-electron chi connectivity index (χ3n) is 1.12. The van der Waals surface area contributed by atoms with Crippen molar-refractivity contribution in [2.45, 2.75) is 4.90 Å². The number of rotatable bonds is 0. The molecular weight excluding hydrogens is 132 g/mol. The van der Waals surface area contributed by atoms with Gasteiger partial charge >= 0.3 is 0 Å². The quantitative estimate of drug-likeness (QED) is 0.379. The predicted octanol–water partition coefficient (Wildman–Crippen LogP) is -0.0340. The zero-order valence-corrected chi connectivity index (χ0v) is 7.65. The van der Waals surface area contributed by atoms with Gasteiger partial charge in [-0.15, -0.1) is 12.6 Å². The van der Waals surface area contributed by atoms with Crippen molar-refractivity contribution in [3.63, 3.8) is 0 Å². The maximum atomic E-state index is 4.23. The van der Waals surface area contributed by atoms with E-state index in [0.29, 0.717) is 0 Å². The summed E-state index contributed by atoms with van der Waals surface area (Å²) in [5, 5.41) is 1.37. The topological polar surface area (TPSA) is 0 Å². The summed E-state index contributed by atoms with van der Waals surface area (Å²) in [4.78, 5) is 1.12. The SMILES string of the molecule is [SiH3]c1ccccc1S. The number of hydrogen-bond acceptors (Lipinski definition) is 1. The van der Waals surface area contributed by atoms with E-state index in [4.69, 9.17) is 0 Å². The second-order valence-corrected chi connectivity index (χ2v) is 3.35. The Balaban J connectivity index is 3.13. The summed E-state index contributed by atoms with van der Waals surface area (Å²) in [5.74, 6) is 0. The zero-order valence-electron chi connectivity index (χ0n) is 4.76. The first-order chi connectivity index (χ1) is 3.80. The highest BCUT2D eigenvalue weighted by molar-refractivity contribution is 7.80. The Kier molecular flexibility index (Phi) is 1.75. The Morgan fingerprint density at radius 1 is 1.25 bits per heavy atom. The van der Waals surface area contributed by atoms with Gasteiger partial charge in [-0.05, 0) is 6.07 Å². The second-order valence-electron chi connectivity index (χ2n) is 1.79. The third-order valence-corrected chi connectivity index (χ3v) is 2.91. The standard InChI is InChI=1S/C6H8SSi/c7-5-3-1-2-4-6(5)8/h1-4,7H,8H3. The summed E-state index contributed by atoms with van der Waals surface area (Å²) in [6.07, 6.45) is 0. The lowest BCUT2D eigenvalue weighted by Crippen LogP contribution is -2.01. The molecule has 0 aromatic heterocycles. The van der Waals surface area contributed by atoms with Gasteiger partial charge in [0, 0.05) is 15.1 Å². The van der Waals surface area contributed by atoms with E-state index in [0.717, 1.165) is 15.1 Å². The van der Waals surface area contributed by atoms with Crippen molar-refractivity contribution >= 4 is 28.1 Å². The number of benzene rings is 1. The van der Waals surface area contributed by atoms with E-state index in [2.05, 4.69) is 18.7 Å². The molecule has 8 heavy (non-hydrogen) atoms. The Morgan fingerprint density at radius 3 is 2.25 bits per heavy atom. The summed E-state index contributed by atoms with van der Waals surface area (Å²) in [5.41, 5.74) is 0. The van der Waals surface area contributed by atoms with Crippen LogP contribution in [-0.4, -0.2) is 10.2 Å². The molecule has 1 aromatic rings. The van der Waals surface area contributed by atoms with E-state index in [1.165, 1.54) is 5.19 Å². The molecular formula is C6H8SSi. The third kappa shape index (κ3) is 1.14. The Morgan fingerprint density at radius 2 is 1.88 bits per heavy atom. The zero-order chi connectivity index (χ0) is 5.98. The smallest absolute Gasteiger partial charge is 0.0399 e. The van der Waals surface area contributed by atoms with Gasteiger partial charge in [-0.2, -0.15) is 0 Å². The highest BCUT2D eigenvalue weighted by Gasteiger charge is 1.84. The molecule has 0 bridgehead atoms. The van der Waals surface area contributed by atoms with Crippen LogP contribution in [0.2, 0.25) is 0 Å². The van der Waals surface area contributed by atoms with Gasteiger partial charge in [0.1, 0.15) is 0 Å². The fourth-order valence-electron chi connectivity index (χ4n) is 0.563. The number of hydrogen-bond donors (Lipinski definition) is 1. The van der Waals surface area contributed by atoms with Gasteiger partial charge in [-0.25, -0.2) is 0 Å². The van der Waals surface area contributed by atoms with Crippen LogP contribution >= 0.6 is 12.6 Å². The van der Waals surface area contributed by atoms with Crippen LogP contribution in [0.25, 0.3) is 0 Å². The summed E-state index contributed by atoms with van der Waals surface area (Å²) in [6.45, 7) is 0. The molecule has 0 nitrogen and oxygen atoms in total. The lowest BCUT2D eigenvalue weighted by atomic mass is 10.4. The molecule has 0 fully saturated rings. The van der Waals surface area contributed by atoms with E-state index in [1.54, 1.807) is 0 Å². The first-order valence-electron chi connectivity index (χ1n) is 2.55. The highest BCUT2D eigenvalue weighted by Crippen LogP contribution is 1.97. The molecule has 1 aromatic carbocycles. The molecule has 42 valence electrons. The lowest BCUT2D eigenvalue weighted by Gasteiger charge is -1.92. The van der Waals surface area contributed by atoms with Gasteiger partial charge in [0.2, 0.25) is 0 Å². The minimum atomic E-state index is 1.10. The van der Waals surface area contributed by atoms with E-state index in [1.807, 2.05) is 18.2 Å². The van der Waals surface area contributed by atoms with Crippen LogP contribution in [-0.2, 0) is 0 Å². The van der Waals surface area contributed by atoms with Crippen LogP contribution in [0.3, 0.4) is 0 Å². The Hall–Kier alpha value is -0.213. The van der Waals surface area contributed by atoms with Crippen molar-refractivity contribution in [3.8, 4) is 0 Å². The normalized spacial score (nSPS) is 9.62. The Labute approximate surface area is 57.8 Å². The van der Waals surface area contributed by atoms with Crippen LogP contribution in [0.15, 0.2) is 29.2 Å². The van der Waals surface area contributed by atoms with E-state index < -0.39 is 0 Å². The van der Waals surface area contributed by atoms with Crippen LogP contribution in [0.1, 0.15) is 0 Å². The summed E-state index contributed by atoms with van der Waals surface area (Å²) >= 11 is 4.23. The minimum absolute atomic E-state index is 1.10. The fourth-order valence-corrected chi connectivity index (χ4v) is 1.08.